The summed E-state index contributed by atoms with van der Waals surface area (Å²) in [6.07, 6.45) is 1.59. The third-order valence-corrected chi connectivity index (χ3v) is 6.12. The number of ether oxygens (including phenoxy) is 1. The molecular weight excluding hydrogens is 482 g/mol. The van der Waals surface area contributed by atoms with Crippen LogP contribution in [0, 0.1) is 17.0 Å². The van der Waals surface area contributed by atoms with Gasteiger partial charge in [0.05, 0.1) is 9.83 Å². The van der Waals surface area contributed by atoms with E-state index in [2.05, 4.69) is 5.32 Å². The second-order valence-corrected chi connectivity index (χ2v) is 8.96. The Morgan fingerprint density at radius 2 is 1.81 bits per heavy atom. The van der Waals surface area contributed by atoms with Crippen LogP contribution in [0.5, 0.6) is 5.75 Å². The van der Waals surface area contributed by atoms with Crippen molar-refractivity contribution in [1.29, 1.82) is 0 Å². The zero-order valence-corrected chi connectivity index (χ0v) is 20.0. The Balaban J connectivity index is 1.34. The molecule has 0 atom stereocenters. The second kappa shape index (κ2) is 10.9. The minimum absolute atomic E-state index is 0.0134. The minimum atomic E-state index is -0.525. The molecule has 0 spiro atoms. The average molecular weight is 504 g/mol. The first-order valence-electron chi connectivity index (χ1n) is 10.9. The van der Waals surface area contributed by atoms with Gasteiger partial charge in [0.25, 0.3) is 16.8 Å². The Hall–Kier alpha value is -4.44. The maximum Gasteiger partial charge on any atom is 0.294 e. The van der Waals surface area contributed by atoms with Crippen molar-refractivity contribution in [1.82, 2.24) is 4.90 Å². The monoisotopic (exact) mass is 503 g/mol. The number of imide groups is 1. The lowest BCUT2D eigenvalue weighted by molar-refractivity contribution is -0.384. The van der Waals surface area contributed by atoms with Crippen molar-refractivity contribution in [3.8, 4) is 5.75 Å². The van der Waals surface area contributed by atoms with Crippen LogP contribution < -0.4 is 10.1 Å². The van der Waals surface area contributed by atoms with Gasteiger partial charge in [-0.15, -0.1) is 0 Å². The second-order valence-electron chi connectivity index (χ2n) is 7.97. The van der Waals surface area contributed by atoms with Crippen LogP contribution >= 0.6 is 11.8 Å². The van der Waals surface area contributed by atoms with E-state index in [0.29, 0.717) is 17.0 Å². The summed E-state index contributed by atoms with van der Waals surface area (Å²) in [5.74, 6) is -0.409. The molecule has 1 fully saturated rings. The molecule has 3 aromatic carbocycles. The van der Waals surface area contributed by atoms with E-state index in [0.717, 1.165) is 27.8 Å². The molecule has 0 aromatic heterocycles. The third kappa shape index (κ3) is 6.16. The molecule has 0 unspecified atom stereocenters. The van der Waals surface area contributed by atoms with Gasteiger partial charge < -0.3 is 10.1 Å². The highest BCUT2D eigenvalue weighted by Crippen LogP contribution is 2.32. The van der Waals surface area contributed by atoms with Gasteiger partial charge in [0, 0.05) is 17.8 Å². The van der Waals surface area contributed by atoms with Crippen LogP contribution in [0.4, 0.5) is 16.2 Å². The van der Waals surface area contributed by atoms with Gasteiger partial charge in [0.2, 0.25) is 5.91 Å². The molecule has 36 heavy (non-hydrogen) atoms. The Bertz CT molecular complexity index is 1350. The Labute approximate surface area is 210 Å². The largest absolute Gasteiger partial charge is 0.489 e. The van der Waals surface area contributed by atoms with Crippen LogP contribution in [-0.2, 0) is 16.2 Å². The maximum atomic E-state index is 12.7. The van der Waals surface area contributed by atoms with E-state index >= 15 is 0 Å². The molecule has 0 aliphatic carbocycles. The van der Waals surface area contributed by atoms with Crippen LogP contribution in [0.25, 0.3) is 6.08 Å². The molecule has 1 aliphatic rings. The number of benzene rings is 3. The molecule has 10 heteroatoms. The molecule has 0 saturated carbocycles. The number of nitrogens with one attached hydrogen (secondary N) is 1. The summed E-state index contributed by atoms with van der Waals surface area (Å²) in [6, 6.07) is 20.2. The highest BCUT2D eigenvalue weighted by atomic mass is 32.2. The summed E-state index contributed by atoms with van der Waals surface area (Å²) in [6.45, 7) is 1.76. The fourth-order valence-electron chi connectivity index (χ4n) is 3.40. The number of nitro benzene ring substituents is 1. The van der Waals surface area contributed by atoms with Gasteiger partial charge in [0.1, 0.15) is 18.9 Å². The first-order chi connectivity index (χ1) is 17.3. The number of nitro groups is 1. The molecule has 3 aromatic rings. The van der Waals surface area contributed by atoms with Crippen molar-refractivity contribution < 1.29 is 24.0 Å². The Morgan fingerprint density at radius 3 is 2.47 bits per heavy atom. The quantitative estimate of drug-likeness (QED) is 0.256. The van der Waals surface area contributed by atoms with Crippen molar-refractivity contribution in [2.75, 3.05) is 11.9 Å². The first-order valence-corrected chi connectivity index (χ1v) is 11.7. The van der Waals surface area contributed by atoms with Gasteiger partial charge in [-0.3, -0.25) is 29.4 Å². The van der Waals surface area contributed by atoms with Gasteiger partial charge in [-0.05, 0) is 77.9 Å². The minimum Gasteiger partial charge on any atom is -0.489 e. The van der Waals surface area contributed by atoms with Crippen molar-refractivity contribution in [2.45, 2.75) is 13.5 Å². The zero-order chi connectivity index (χ0) is 25.7. The number of rotatable bonds is 8. The summed E-state index contributed by atoms with van der Waals surface area (Å²) in [5, 5.41) is 12.9. The maximum absolute atomic E-state index is 12.7. The topological polar surface area (TPSA) is 119 Å². The molecular formula is C26H21N3O6S. The third-order valence-electron chi connectivity index (χ3n) is 5.21. The number of hydrogen-bond donors (Lipinski definition) is 1. The van der Waals surface area contributed by atoms with Crippen LogP contribution in [-0.4, -0.2) is 33.4 Å². The molecule has 3 amide bonds. The smallest absolute Gasteiger partial charge is 0.294 e. The van der Waals surface area contributed by atoms with Crippen LogP contribution in [0.15, 0.2) is 77.7 Å². The van der Waals surface area contributed by atoms with Crippen molar-refractivity contribution in [2.24, 2.45) is 0 Å². The fourth-order valence-corrected chi connectivity index (χ4v) is 4.23. The lowest BCUT2D eigenvalue weighted by Crippen LogP contribution is -2.36. The van der Waals surface area contributed by atoms with Gasteiger partial charge >= 0.3 is 0 Å². The predicted octanol–water partition coefficient (Wildman–Crippen LogP) is 5.16. The standard InChI is InChI=1S/C26H21N3O6S/c1-17-3-2-4-20(13-17)27-24(30)15-28-25(31)23(36-26(28)32)14-18-7-11-22(12-8-18)35-16-19-5-9-21(10-6-19)29(33)34/h2-14H,15-16H2,1H3,(H,27,30)/b23-14+. The summed E-state index contributed by atoms with van der Waals surface area (Å²) in [7, 11) is 0. The number of nitrogens with zero attached hydrogens (tertiary/aromatic N) is 2. The summed E-state index contributed by atoms with van der Waals surface area (Å²) < 4.78 is 5.70. The first kappa shape index (κ1) is 24.7. The van der Waals surface area contributed by atoms with Gasteiger partial charge in [-0.2, -0.15) is 0 Å². The summed E-state index contributed by atoms with van der Waals surface area (Å²) in [4.78, 5) is 48.8. The highest BCUT2D eigenvalue weighted by molar-refractivity contribution is 8.18. The van der Waals surface area contributed by atoms with E-state index in [1.807, 2.05) is 13.0 Å². The number of amides is 3. The van der Waals surface area contributed by atoms with Gasteiger partial charge in [-0.1, -0.05) is 24.3 Å². The van der Waals surface area contributed by atoms with E-state index in [1.165, 1.54) is 12.1 Å². The number of carbonyl (C=O) groups is 3. The van der Waals surface area contributed by atoms with E-state index < -0.39 is 22.0 Å². The van der Waals surface area contributed by atoms with Crippen molar-refractivity contribution >= 4 is 46.3 Å². The van der Waals surface area contributed by atoms with Crippen LogP contribution in [0.2, 0.25) is 0 Å². The van der Waals surface area contributed by atoms with Crippen LogP contribution in [0.3, 0.4) is 0 Å². The molecule has 4 rings (SSSR count). The molecule has 1 N–H and O–H groups in total. The number of carbonyl (C=O) groups excluding carboxylic acids is 3. The molecule has 0 radical (unpaired) electrons. The number of anilines is 1. The molecule has 0 bridgehead atoms. The number of thioether (sulfide) groups is 1. The molecule has 1 heterocycles. The van der Waals surface area contributed by atoms with E-state index in [-0.39, 0.29) is 23.7 Å². The van der Waals surface area contributed by atoms with Gasteiger partial charge in [-0.25, -0.2) is 0 Å². The fraction of sp³-hybridized carbons (Fsp3) is 0.115. The summed E-state index contributed by atoms with van der Waals surface area (Å²) in [5.41, 5.74) is 3.06. The molecule has 9 nitrogen and oxygen atoms in total. The van der Waals surface area contributed by atoms with E-state index in [1.54, 1.807) is 60.7 Å². The van der Waals surface area contributed by atoms with Crippen LogP contribution in [0.1, 0.15) is 16.7 Å². The Morgan fingerprint density at radius 1 is 1.08 bits per heavy atom. The molecule has 1 aliphatic heterocycles. The van der Waals surface area contributed by atoms with Crippen molar-refractivity contribution in [3.05, 3.63) is 105 Å². The molecule has 182 valence electrons. The lowest BCUT2D eigenvalue weighted by atomic mass is 10.2. The average Bonchev–Trinajstić information content (AvgIpc) is 3.11. The van der Waals surface area contributed by atoms with E-state index in [4.69, 9.17) is 4.74 Å². The number of hydrogen-bond acceptors (Lipinski definition) is 7. The Kier molecular flexibility index (Phi) is 7.45. The normalized spacial score (nSPS) is 14.2. The predicted molar refractivity (Wildman–Crippen MR) is 136 cm³/mol. The van der Waals surface area contributed by atoms with E-state index in [9.17, 15) is 24.5 Å². The zero-order valence-electron chi connectivity index (χ0n) is 19.2. The summed E-state index contributed by atoms with van der Waals surface area (Å²) >= 11 is 0.782. The lowest BCUT2D eigenvalue weighted by Gasteiger charge is -2.12. The number of aryl methyl sites for hydroxylation is 1. The van der Waals surface area contributed by atoms with Gasteiger partial charge in [0.15, 0.2) is 0 Å². The van der Waals surface area contributed by atoms with Crippen molar-refractivity contribution in [3.63, 3.8) is 0 Å². The molecule has 1 saturated heterocycles. The number of non-ortho nitro benzene ring substituents is 1. The SMILES string of the molecule is Cc1cccc(NC(=O)CN2C(=O)S/C(=C/c3ccc(OCc4ccc([N+](=O)[O-])cc4)cc3)C2=O)c1. The highest BCUT2D eigenvalue weighted by Gasteiger charge is 2.36.